The normalized spacial score (nSPS) is 20.8. The molecule has 0 saturated carbocycles. The molecule has 2 amide bonds. The van der Waals surface area contributed by atoms with E-state index in [4.69, 9.17) is 4.74 Å². The molecule has 2 atom stereocenters. The van der Waals surface area contributed by atoms with Gasteiger partial charge in [-0.3, -0.25) is 19.3 Å². The van der Waals surface area contributed by atoms with Crippen LogP contribution in [0.25, 0.3) is 10.1 Å². The van der Waals surface area contributed by atoms with Gasteiger partial charge in [0.15, 0.2) is 5.43 Å². The van der Waals surface area contributed by atoms with Crippen molar-refractivity contribution in [3.8, 4) is 0 Å². The number of carboxylic acid groups (broad SMARTS) is 1. The molecule has 3 aliphatic heterocycles. The number of β-lactam (4-membered cyclic amide) rings is 1. The van der Waals surface area contributed by atoms with E-state index >= 15 is 0 Å². The van der Waals surface area contributed by atoms with Crippen LogP contribution in [0.2, 0.25) is 0 Å². The van der Waals surface area contributed by atoms with Crippen molar-refractivity contribution in [2.75, 3.05) is 37.0 Å². The molecule has 6 rings (SSSR count). The maximum Gasteiger partial charge on any atom is 0.352 e. The number of benzene rings is 1. The number of nitrogens with one attached hydrogen (secondary N) is 1. The molecule has 0 bridgehead atoms. The third-order valence-electron chi connectivity index (χ3n) is 6.95. The van der Waals surface area contributed by atoms with Crippen molar-refractivity contribution in [3.63, 3.8) is 0 Å². The van der Waals surface area contributed by atoms with E-state index in [9.17, 15) is 24.3 Å². The zero-order valence-corrected chi connectivity index (χ0v) is 24.9. The summed E-state index contributed by atoms with van der Waals surface area (Å²) in [6.45, 7) is 2.96. The monoisotopic (exact) mass is 627 g/mol. The van der Waals surface area contributed by atoms with Crippen LogP contribution in [0.4, 0.5) is 5.69 Å². The number of rotatable bonds is 8. The van der Waals surface area contributed by atoms with Crippen molar-refractivity contribution in [1.82, 2.24) is 10.2 Å². The highest BCUT2D eigenvalue weighted by Crippen LogP contribution is 2.41. The number of hydrogen-bond acceptors (Lipinski definition) is 10. The number of thiophene rings is 1. The first-order chi connectivity index (χ1) is 19.9. The number of ether oxygens (including phenoxy) is 1. The molecule has 0 radical (unpaired) electrons. The summed E-state index contributed by atoms with van der Waals surface area (Å²) in [4.78, 5) is 54.7. The molecule has 1 unspecified atom stereocenters. The lowest BCUT2D eigenvalue weighted by molar-refractivity contribution is -0.150. The molecular weight excluding hydrogens is 603 g/mol. The van der Waals surface area contributed by atoms with Gasteiger partial charge in [0.25, 0.3) is 5.91 Å². The van der Waals surface area contributed by atoms with Gasteiger partial charge in [-0.1, -0.05) is 17.8 Å². The lowest BCUT2D eigenvalue weighted by Gasteiger charge is -2.49. The van der Waals surface area contributed by atoms with Crippen LogP contribution in [0.15, 0.2) is 73.5 Å². The topological polar surface area (TPSA) is 116 Å². The average molecular weight is 628 g/mol. The summed E-state index contributed by atoms with van der Waals surface area (Å²) in [5.74, 6) is -1.51. The zero-order valence-electron chi connectivity index (χ0n) is 21.6. The largest absolute Gasteiger partial charge is 0.477 e. The van der Waals surface area contributed by atoms with Crippen LogP contribution in [0.5, 0.6) is 0 Å². The molecule has 2 aromatic heterocycles. The summed E-state index contributed by atoms with van der Waals surface area (Å²) in [6.07, 6.45) is 1.87. The van der Waals surface area contributed by atoms with E-state index in [-0.39, 0.29) is 23.5 Å². The van der Waals surface area contributed by atoms with E-state index in [1.54, 1.807) is 17.6 Å². The number of hydrogen-bond donors (Lipinski definition) is 2. The lowest BCUT2D eigenvalue weighted by atomic mass is 10.0. The Labute approximate surface area is 251 Å². The molecule has 2 N–H and O–H groups in total. The Morgan fingerprint density at radius 1 is 1.17 bits per heavy atom. The fraction of sp³-hybridized carbons (Fsp3) is 0.286. The van der Waals surface area contributed by atoms with E-state index in [0.717, 1.165) is 32.6 Å². The second kappa shape index (κ2) is 12.0. The van der Waals surface area contributed by atoms with E-state index in [0.29, 0.717) is 29.9 Å². The van der Waals surface area contributed by atoms with Crippen molar-refractivity contribution < 1.29 is 24.2 Å². The number of nitrogens with zero attached hydrogens (tertiary/aromatic N) is 2. The van der Waals surface area contributed by atoms with Gasteiger partial charge in [-0.25, -0.2) is 4.79 Å². The quantitative estimate of drug-likeness (QED) is 0.285. The predicted octanol–water partition coefficient (Wildman–Crippen LogP) is 3.75. The number of allylic oxidation sites excluding steroid dienone is 1. The van der Waals surface area contributed by atoms with Crippen LogP contribution in [0.1, 0.15) is 4.88 Å². The Hall–Kier alpha value is -3.10. The van der Waals surface area contributed by atoms with E-state index in [1.807, 2.05) is 35.7 Å². The molecule has 5 heterocycles. The number of anilines is 1. The Morgan fingerprint density at radius 2 is 2.00 bits per heavy atom. The highest BCUT2D eigenvalue weighted by molar-refractivity contribution is 8.04. The number of morpholine rings is 1. The number of carboxylic acids is 1. The lowest BCUT2D eigenvalue weighted by Crippen LogP contribution is -2.70. The molecule has 212 valence electrons. The first-order valence-corrected chi connectivity index (χ1v) is 16.5. The summed E-state index contributed by atoms with van der Waals surface area (Å²) < 4.78 is 7.11. The summed E-state index contributed by atoms with van der Waals surface area (Å²) >= 11 is 5.73. The van der Waals surface area contributed by atoms with Crippen molar-refractivity contribution in [1.29, 1.82) is 0 Å². The number of aliphatic carboxylic acids is 1. The van der Waals surface area contributed by atoms with Crippen molar-refractivity contribution in [2.45, 2.75) is 22.0 Å². The minimum absolute atomic E-state index is 0.0666. The van der Waals surface area contributed by atoms with Crippen LogP contribution < -0.4 is 15.6 Å². The molecule has 1 aromatic carbocycles. The van der Waals surface area contributed by atoms with Gasteiger partial charge < -0.3 is 20.1 Å². The predicted molar refractivity (Wildman–Crippen MR) is 164 cm³/mol. The second-order valence-electron chi connectivity index (χ2n) is 9.52. The summed E-state index contributed by atoms with van der Waals surface area (Å²) in [7, 11) is 0. The van der Waals surface area contributed by atoms with Crippen molar-refractivity contribution in [2.24, 2.45) is 0 Å². The molecule has 3 aliphatic rings. The minimum Gasteiger partial charge on any atom is -0.477 e. The van der Waals surface area contributed by atoms with Gasteiger partial charge in [-0.15, -0.1) is 34.4 Å². The first-order valence-electron chi connectivity index (χ1n) is 12.9. The molecule has 9 nitrogen and oxygen atoms in total. The molecule has 0 aliphatic carbocycles. The fourth-order valence-corrected chi connectivity index (χ4v) is 8.98. The van der Waals surface area contributed by atoms with Gasteiger partial charge in [-0.2, -0.15) is 0 Å². The smallest absolute Gasteiger partial charge is 0.352 e. The average Bonchev–Trinajstić information content (AvgIpc) is 3.48. The van der Waals surface area contributed by atoms with Crippen LogP contribution >= 0.6 is 46.2 Å². The van der Waals surface area contributed by atoms with Crippen LogP contribution in [-0.4, -0.2) is 71.3 Å². The summed E-state index contributed by atoms with van der Waals surface area (Å²) in [5.41, 5.74) is 1.43. The van der Waals surface area contributed by atoms with E-state index in [2.05, 4.69) is 10.2 Å². The Balaban J connectivity index is 1.16. The van der Waals surface area contributed by atoms with Gasteiger partial charge in [-0.05, 0) is 46.7 Å². The molecule has 13 heteroatoms. The summed E-state index contributed by atoms with van der Waals surface area (Å²) in [6, 6.07) is 10.4. The molecule has 41 heavy (non-hydrogen) atoms. The SMILES string of the molecule is O=C(Cc1cccs1)NC1C(=O)N2C(C(=O)O)=C(C=CSc3cc(=O)c4ccc(N5CCOCC5)cc4s3)CS[C@H]12. The number of carbonyl (C=O) groups is 3. The number of carbonyl (C=O) groups excluding carboxylic acids is 2. The Kier molecular flexibility index (Phi) is 8.22. The van der Waals surface area contributed by atoms with E-state index in [1.165, 1.54) is 51.1 Å². The highest BCUT2D eigenvalue weighted by Gasteiger charge is 2.53. The van der Waals surface area contributed by atoms with Crippen molar-refractivity contribution >= 4 is 79.8 Å². The number of thioether (sulfide) groups is 2. The van der Waals surface area contributed by atoms with Gasteiger partial charge in [0.2, 0.25) is 5.91 Å². The third-order valence-corrected chi connectivity index (χ3v) is 11.2. The second-order valence-corrected chi connectivity index (χ2v) is 13.9. The van der Waals surface area contributed by atoms with Gasteiger partial charge in [0, 0.05) is 45.6 Å². The third kappa shape index (κ3) is 5.82. The Morgan fingerprint density at radius 3 is 2.76 bits per heavy atom. The van der Waals surface area contributed by atoms with Gasteiger partial charge >= 0.3 is 5.97 Å². The maximum absolute atomic E-state index is 12.9. The minimum atomic E-state index is -1.19. The molecular formula is C28H25N3O6S4. The zero-order chi connectivity index (χ0) is 28.5. The van der Waals surface area contributed by atoms with Crippen LogP contribution in [-0.2, 0) is 25.5 Å². The van der Waals surface area contributed by atoms with Crippen LogP contribution in [0.3, 0.4) is 0 Å². The number of fused-ring (bicyclic) bond motifs is 2. The highest BCUT2D eigenvalue weighted by atomic mass is 32.2. The van der Waals surface area contributed by atoms with Gasteiger partial charge in [0.05, 0.1) is 23.8 Å². The first kappa shape index (κ1) is 28.0. The van der Waals surface area contributed by atoms with E-state index < -0.39 is 23.3 Å². The van der Waals surface area contributed by atoms with Crippen LogP contribution in [0, 0.1) is 0 Å². The van der Waals surface area contributed by atoms with Crippen molar-refractivity contribution in [3.05, 3.63) is 79.6 Å². The maximum atomic E-state index is 12.9. The number of amides is 2. The summed E-state index contributed by atoms with van der Waals surface area (Å²) in [5, 5.41) is 16.6. The molecule has 0 spiro atoms. The molecule has 2 saturated heterocycles. The Bertz CT molecular complexity index is 1630. The fourth-order valence-electron chi connectivity index (χ4n) is 4.95. The molecule has 2 fully saturated rings. The standard InChI is InChI=1S/C28H25N3O6S4/c32-20-14-23(41-21-12-17(3-4-19(20)21)30-6-8-37-9-7-30)39-11-5-16-15-40-27-24(26(34)31(27)25(16)28(35)36)29-22(33)13-18-2-1-10-38-18/h1-5,10-12,14,24,27H,6-9,13,15H2,(H,29,33)(H,35,36)/t24?,27-/m1/s1. The molecule has 3 aromatic rings. The van der Waals surface area contributed by atoms with Gasteiger partial charge in [0.1, 0.15) is 17.1 Å².